The number of carboxylic acids is 1. The van der Waals surface area contributed by atoms with Crippen LogP contribution in [-0.2, 0) is 11.2 Å². The molecule has 128 valence electrons. The molecule has 1 atom stereocenters. The third kappa shape index (κ3) is 4.58. The van der Waals surface area contributed by atoms with Gasteiger partial charge in [-0.3, -0.25) is 4.79 Å². The molecule has 0 aliphatic rings. The van der Waals surface area contributed by atoms with Crippen LogP contribution in [0.5, 0.6) is 5.75 Å². The van der Waals surface area contributed by atoms with Crippen molar-refractivity contribution in [1.29, 1.82) is 0 Å². The Morgan fingerprint density at radius 2 is 2.00 bits per heavy atom. The number of amides is 1. The van der Waals surface area contributed by atoms with Crippen molar-refractivity contribution in [3.8, 4) is 5.75 Å². The fraction of sp³-hybridized carbons (Fsp3) is 0.294. The van der Waals surface area contributed by atoms with Crippen molar-refractivity contribution < 1.29 is 28.2 Å². The molecule has 6 nitrogen and oxygen atoms in total. The van der Waals surface area contributed by atoms with E-state index < -0.39 is 23.8 Å². The van der Waals surface area contributed by atoms with Gasteiger partial charge in [0.2, 0.25) is 6.10 Å². The Labute approximate surface area is 138 Å². The van der Waals surface area contributed by atoms with Gasteiger partial charge >= 0.3 is 5.97 Å². The van der Waals surface area contributed by atoms with E-state index >= 15 is 0 Å². The molecule has 1 heterocycles. The summed E-state index contributed by atoms with van der Waals surface area (Å²) in [5.74, 6) is -1.36. The Morgan fingerprint density at radius 1 is 1.29 bits per heavy atom. The second kappa shape index (κ2) is 8.14. The van der Waals surface area contributed by atoms with Gasteiger partial charge in [-0.15, -0.1) is 0 Å². The minimum Gasteiger partial charge on any atom is -0.478 e. The summed E-state index contributed by atoms with van der Waals surface area (Å²) in [5.41, 5.74) is 0.378. The van der Waals surface area contributed by atoms with Crippen LogP contribution in [0.15, 0.2) is 41.0 Å². The first-order valence-electron chi connectivity index (χ1n) is 7.51. The number of hydrogen-bond acceptors (Lipinski definition) is 4. The molecule has 0 aliphatic heterocycles. The van der Waals surface area contributed by atoms with E-state index in [1.165, 1.54) is 24.5 Å². The van der Waals surface area contributed by atoms with E-state index in [1.807, 2.05) is 6.92 Å². The lowest BCUT2D eigenvalue weighted by atomic mass is 10.1. The van der Waals surface area contributed by atoms with Gasteiger partial charge in [-0.25, -0.2) is 9.18 Å². The summed E-state index contributed by atoms with van der Waals surface area (Å²) in [6.07, 6.45) is 1.56. The summed E-state index contributed by atoms with van der Waals surface area (Å²) < 4.78 is 23.4. The zero-order chi connectivity index (χ0) is 17.5. The number of halogens is 1. The van der Waals surface area contributed by atoms with Crippen LogP contribution in [0.4, 0.5) is 4.39 Å². The summed E-state index contributed by atoms with van der Waals surface area (Å²) in [5, 5.41) is 11.7. The summed E-state index contributed by atoms with van der Waals surface area (Å²) in [6.45, 7) is 1.73. The van der Waals surface area contributed by atoms with Crippen molar-refractivity contribution >= 4 is 11.9 Å². The first kappa shape index (κ1) is 17.5. The molecule has 0 radical (unpaired) electrons. The average Bonchev–Trinajstić information content (AvgIpc) is 3.01. The number of carboxylic acid groups (broad SMARTS) is 1. The molecule has 0 bridgehead atoms. The molecule has 24 heavy (non-hydrogen) atoms. The van der Waals surface area contributed by atoms with Gasteiger partial charge in [-0.2, -0.15) is 0 Å². The largest absolute Gasteiger partial charge is 0.478 e. The number of aryl methyl sites for hydroxylation is 1. The quantitative estimate of drug-likeness (QED) is 0.774. The van der Waals surface area contributed by atoms with Crippen molar-refractivity contribution in [2.45, 2.75) is 25.9 Å². The topological polar surface area (TPSA) is 88.8 Å². The van der Waals surface area contributed by atoms with Gasteiger partial charge in [0.05, 0.1) is 18.4 Å². The zero-order valence-corrected chi connectivity index (χ0v) is 13.1. The molecule has 0 fully saturated rings. The van der Waals surface area contributed by atoms with Gasteiger partial charge in [0.1, 0.15) is 17.3 Å². The first-order valence-corrected chi connectivity index (χ1v) is 7.51. The van der Waals surface area contributed by atoms with Crippen molar-refractivity contribution in [3.05, 3.63) is 53.7 Å². The molecule has 2 rings (SSSR count). The Balaban J connectivity index is 1.98. The van der Waals surface area contributed by atoms with Crippen LogP contribution in [0.1, 0.15) is 29.5 Å². The van der Waals surface area contributed by atoms with Crippen LogP contribution in [-0.4, -0.2) is 29.6 Å². The third-order valence-corrected chi connectivity index (χ3v) is 3.28. The van der Waals surface area contributed by atoms with E-state index in [2.05, 4.69) is 5.32 Å². The van der Waals surface area contributed by atoms with Gasteiger partial charge in [-0.1, -0.05) is 6.92 Å². The molecule has 2 aromatic rings. The monoisotopic (exact) mass is 335 g/mol. The van der Waals surface area contributed by atoms with Crippen molar-refractivity contribution in [2.75, 3.05) is 6.54 Å². The summed E-state index contributed by atoms with van der Waals surface area (Å²) >= 11 is 0. The maximum Gasteiger partial charge on any atom is 0.346 e. The molecule has 0 aliphatic carbocycles. The fourth-order valence-corrected chi connectivity index (χ4v) is 2.10. The standard InChI is InChI=1S/C17H18FNO5/c1-2-3-14-13(8-9-23-14)16(20)19-10-15(17(21)22)24-12-6-4-11(18)5-7-12/h4-9,15H,2-3,10H2,1H3,(H,19,20)(H,21,22). The molecule has 1 aromatic heterocycles. The Bertz CT molecular complexity index is 695. The number of nitrogens with one attached hydrogen (secondary N) is 1. The van der Waals surface area contributed by atoms with Crippen LogP contribution in [0.25, 0.3) is 0 Å². The molecule has 1 aromatic carbocycles. The average molecular weight is 335 g/mol. The van der Waals surface area contributed by atoms with E-state index in [0.717, 1.165) is 18.6 Å². The molecule has 0 saturated heterocycles. The summed E-state index contributed by atoms with van der Waals surface area (Å²) in [7, 11) is 0. The van der Waals surface area contributed by atoms with Gasteiger partial charge in [0.15, 0.2) is 0 Å². The minimum absolute atomic E-state index is 0.202. The van der Waals surface area contributed by atoms with Gasteiger partial charge in [0, 0.05) is 6.42 Å². The molecule has 2 N–H and O–H groups in total. The van der Waals surface area contributed by atoms with E-state index in [-0.39, 0.29) is 12.3 Å². The van der Waals surface area contributed by atoms with Crippen LogP contribution in [0.2, 0.25) is 0 Å². The number of carbonyl (C=O) groups excluding carboxylic acids is 1. The van der Waals surface area contributed by atoms with E-state index in [1.54, 1.807) is 0 Å². The molecular formula is C17H18FNO5. The highest BCUT2D eigenvalue weighted by atomic mass is 19.1. The minimum atomic E-state index is -1.29. The maximum absolute atomic E-state index is 12.9. The molecule has 0 saturated carbocycles. The second-order valence-electron chi connectivity index (χ2n) is 5.12. The number of carbonyl (C=O) groups is 2. The third-order valence-electron chi connectivity index (χ3n) is 3.28. The maximum atomic E-state index is 12.9. The number of ether oxygens (including phenoxy) is 1. The summed E-state index contributed by atoms with van der Waals surface area (Å²) in [6, 6.07) is 6.51. The number of rotatable bonds is 8. The smallest absolute Gasteiger partial charge is 0.346 e. The lowest BCUT2D eigenvalue weighted by Crippen LogP contribution is -2.40. The Kier molecular flexibility index (Phi) is 5.95. The first-order chi connectivity index (χ1) is 11.5. The van der Waals surface area contributed by atoms with Crippen LogP contribution in [0.3, 0.4) is 0 Å². The number of benzene rings is 1. The highest BCUT2D eigenvalue weighted by molar-refractivity contribution is 5.95. The van der Waals surface area contributed by atoms with E-state index in [4.69, 9.17) is 9.15 Å². The lowest BCUT2D eigenvalue weighted by molar-refractivity contribution is -0.144. The normalized spacial score (nSPS) is 11.8. The number of aliphatic carboxylic acids is 1. The molecule has 1 amide bonds. The van der Waals surface area contributed by atoms with E-state index in [0.29, 0.717) is 17.7 Å². The van der Waals surface area contributed by atoms with Gasteiger partial charge in [0.25, 0.3) is 5.91 Å². The number of hydrogen-bond donors (Lipinski definition) is 2. The van der Waals surface area contributed by atoms with Crippen LogP contribution < -0.4 is 10.1 Å². The van der Waals surface area contributed by atoms with Crippen molar-refractivity contribution in [2.24, 2.45) is 0 Å². The highest BCUT2D eigenvalue weighted by Gasteiger charge is 2.22. The van der Waals surface area contributed by atoms with Crippen LogP contribution >= 0.6 is 0 Å². The van der Waals surface area contributed by atoms with Gasteiger partial charge < -0.3 is 19.6 Å². The number of furan rings is 1. The fourth-order valence-electron chi connectivity index (χ4n) is 2.10. The molecule has 1 unspecified atom stereocenters. The van der Waals surface area contributed by atoms with Crippen molar-refractivity contribution in [3.63, 3.8) is 0 Å². The molecule has 7 heteroatoms. The molecule has 0 spiro atoms. The lowest BCUT2D eigenvalue weighted by Gasteiger charge is -2.15. The predicted octanol–water partition coefficient (Wildman–Crippen LogP) is 2.63. The Hall–Kier alpha value is -2.83. The van der Waals surface area contributed by atoms with E-state index in [9.17, 15) is 19.1 Å². The SMILES string of the molecule is CCCc1occc1C(=O)NCC(Oc1ccc(F)cc1)C(=O)O. The van der Waals surface area contributed by atoms with Crippen molar-refractivity contribution in [1.82, 2.24) is 5.32 Å². The Morgan fingerprint density at radius 3 is 2.62 bits per heavy atom. The zero-order valence-electron chi connectivity index (χ0n) is 13.1. The molecular weight excluding hydrogens is 317 g/mol. The van der Waals surface area contributed by atoms with Crippen LogP contribution in [0, 0.1) is 5.82 Å². The predicted molar refractivity (Wildman–Crippen MR) is 83.5 cm³/mol. The second-order valence-corrected chi connectivity index (χ2v) is 5.12. The highest BCUT2D eigenvalue weighted by Crippen LogP contribution is 2.14. The summed E-state index contributed by atoms with van der Waals surface area (Å²) in [4.78, 5) is 23.4. The van der Waals surface area contributed by atoms with Gasteiger partial charge in [-0.05, 0) is 36.8 Å².